The fraction of sp³-hybridized carbons (Fsp3) is 0.300. The van der Waals surface area contributed by atoms with E-state index in [1.54, 1.807) is 6.07 Å². The first-order valence-corrected chi connectivity index (χ1v) is 5.71. The topological polar surface area (TPSA) is 55.1 Å². The van der Waals surface area contributed by atoms with Gasteiger partial charge in [-0.15, -0.1) is 12.4 Å². The van der Waals surface area contributed by atoms with Gasteiger partial charge in [-0.25, -0.2) is 0 Å². The summed E-state index contributed by atoms with van der Waals surface area (Å²) in [4.78, 5) is 11.2. The molecule has 6 heteroatoms. The molecule has 0 aliphatic rings. The molecule has 0 aliphatic heterocycles. The molecule has 90 valence electrons. The number of amides is 1. The van der Waals surface area contributed by atoms with E-state index in [9.17, 15) is 4.79 Å². The number of carbonyl (C=O) groups is 1. The highest BCUT2D eigenvalue weighted by Gasteiger charge is 2.03. The summed E-state index contributed by atoms with van der Waals surface area (Å²) in [6.07, 6.45) is 0.341. The van der Waals surface area contributed by atoms with Gasteiger partial charge in [0.05, 0.1) is 0 Å². The van der Waals surface area contributed by atoms with Gasteiger partial charge in [-0.2, -0.15) is 0 Å². The second-order valence-electron chi connectivity index (χ2n) is 3.05. The van der Waals surface area contributed by atoms with Gasteiger partial charge in [0.2, 0.25) is 5.91 Å². The third kappa shape index (κ3) is 5.16. The van der Waals surface area contributed by atoms with Gasteiger partial charge in [0.1, 0.15) is 0 Å². The van der Waals surface area contributed by atoms with Crippen LogP contribution < -0.4 is 11.1 Å². The lowest BCUT2D eigenvalue weighted by molar-refractivity contribution is -0.121. The zero-order valence-corrected chi connectivity index (χ0v) is 11.7. The van der Waals surface area contributed by atoms with Crippen LogP contribution >= 0.6 is 39.9 Å². The lowest BCUT2D eigenvalue weighted by Gasteiger charge is -2.06. The lowest BCUT2D eigenvalue weighted by atomic mass is 10.2. The molecule has 3 nitrogen and oxygen atoms in total. The third-order valence-corrected chi connectivity index (χ3v) is 2.71. The van der Waals surface area contributed by atoms with Crippen LogP contribution in [-0.2, 0) is 11.3 Å². The maximum atomic E-state index is 11.2. The first-order chi connectivity index (χ1) is 7.13. The molecule has 0 spiro atoms. The maximum absolute atomic E-state index is 11.2. The molecule has 0 fully saturated rings. The van der Waals surface area contributed by atoms with Crippen molar-refractivity contribution >= 4 is 45.8 Å². The van der Waals surface area contributed by atoms with Crippen molar-refractivity contribution in [2.75, 3.05) is 6.54 Å². The molecular formula is C10H13BrCl2N2O. The summed E-state index contributed by atoms with van der Waals surface area (Å²) < 4.78 is 0.921. The molecule has 1 amide bonds. The van der Waals surface area contributed by atoms with Gasteiger partial charge < -0.3 is 11.1 Å². The molecule has 1 rings (SSSR count). The Morgan fingerprint density at radius 1 is 1.50 bits per heavy atom. The molecule has 0 atom stereocenters. The second kappa shape index (κ2) is 7.90. The van der Waals surface area contributed by atoms with Crippen molar-refractivity contribution in [2.24, 2.45) is 5.73 Å². The van der Waals surface area contributed by atoms with E-state index in [-0.39, 0.29) is 18.3 Å². The zero-order chi connectivity index (χ0) is 11.3. The summed E-state index contributed by atoms with van der Waals surface area (Å²) in [5.41, 5.74) is 6.15. The van der Waals surface area contributed by atoms with E-state index in [4.69, 9.17) is 17.3 Å². The van der Waals surface area contributed by atoms with Gasteiger partial charge in [-0.1, -0.05) is 33.6 Å². The molecule has 0 saturated heterocycles. The van der Waals surface area contributed by atoms with Crippen LogP contribution in [0.25, 0.3) is 0 Å². The quantitative estimate of drug-likeness (QED) is 0.892. The van der Waals surface area contributed by atoms with E-state index in [0.29, 0.717) is 24.5 Å². The molecule has 0 aromatic heterocycles. The summed E-state index contributed by atoms with van der Waals surface area (Å²) in [6.45, 7) is 0.796. The van der Waals surface area contributed by atoms with E-state index in [1.165, 1.54) is 0 Å². The van der Waals surface area contributed by atoms with E-state index in [2.05, 4.69) is 21.2 Å². The molecule has 0 unspecified atom stereocenters. The largest absolute Gasteiger partial charge is 0.352 e. The summed E-state index contributed by atoms with van der Waals surface area (Å²) >= 11 is 9.30. The third-order valence-electron chi connectivity index (χ3n) is 1.86. The van der Waals surface area contributed by atoms with Crippen LogP contribution in [0, 0.1) is 0 Å². The molecule has 16 heavy (non-hydrogen) atoms. The number of hydrogen-bond donors (Lipinski definition) is 2. The Kier molecular flexibility index (Phi) is 7.76. The molecule has 3 N–H and O–H groups in total. The van der Waals surface area contributed by atoms with Gasteiger partial charge in [0.15, 0.2) is 0 Å². The van der Waals surface area contributed by atoms with Gasteiger partial charge >= 0.3 is 0 Å². The van der Waals surface area contributed by atoms with Crippen molar-refractivity contribution in [3.63, 3.8) is 0 Å². The van der Waals surface area contributed by atoms with Gasteiger partial charge in [0, 0.05) is 29.0 Å². The SMILES string of the molecule is Cl.NCCC(=O)NCc1ccc(Br)cc1Cl. The fourth-order valence-electron chi connectivity index (χ4n) is 1.08. The zero-order valence-electron chi connectivity index (χ0n) is 8.50. The highest BCUT2D eigenvalue weighted by atomic mass is 79.9. The van der Waals surface area contributed by atoms with Crippen LogP contribution in [0.2, 0.25) is 5.02 Å². The number of halogens is 3. The second-order valence-corrected chi connectivity index (χ2v) is 4.37. The van der Waals surface area contributed by atoms with Gasteiger partial charge in [-0.3, -0.25) is 4.79 Å². The molecule has 1 aromatic carbocycles. The number of nitrogens with two attached hydrogens (primary N) is 1. The van der Waals surface area contributed by atoms with Crippen molar-refractivity contribution < 1.29 is 4.79 Å². The maximum Gasteiger partial charge on any atom is 0.221 e. The van der Waals surface area contributed by atoms with Gasteiger partial charge in [-0.05, 0) is 17.7 Å². The Morgan fingerprint density at radius 3 is 2.75 bits per heavy atom. The Labute approximate surface area is 114 Å². The van der Waals surface area contributed by atoms with E-state index in [0.717, 1.165) is 10.0 Å². The van der Waals surface area contributed by atoms with Crippen LogP contribution in [0.5, 0.6) is 0 Å². The van der Waals surface area contributed by atoms with Crippen molar-refractivity contribution in [2.45, 2.75) is 13.0 Å². The number of carbonyl (C=O) groups excluding carboxylic acids is 1. The van der Waals surface area contributed by atoms with Crippen LogP contribution in [0.15, 0.2) is 22.7 Å². The van der Waals surface area contributed by atoms with Crippen molar-refractivity contribution in [3.05, 3.63) is 33.3 Å². The summed E-state index contributed by atoms with van der Waals surface area (Å²) in [5, 5.41) is 3.38. The van der Waals surface area contributed by atoms with Crippen LogP contribution in [0.4, 0.5) is 0 Å². The predicted octanol–water partition coefficient (Wildman–Crippen LogP) is 2.49. The monoisotopic (exact) mass is 326 g/mol. The van der Waals surface area contributed by atoms with Crippen LogP contribution in [0.1, 0.15) is 12.0 Å². The Bertz CT molecular complexity index is 361. The Hall–Kier alpha value is -0.290. The summed E-state index contributed by atoms with van der Waals surface area (Å²) in [7, 11) is 0. The predicted molar refractivity (Wildman–Crippen MR) is 71.9 cm³/mol. The van der Waals surface area contributed by atoms with E-state index < -0.39 is 0 Å². The summed E-state index contributed by atoms with van der Waals surface area (Å²) in [5.74, 6) is -0.0588. The van der Waals surface area contributed by atoms with E-state index >= 15 is 0 Å². The fourth-order valence-corrected chi connectivity index (χ4v) is 1.82. The number of hydrogen-bond acceptors (Lipinski definition) is 2. The Balaban J connectivity index is 0.00000225. The first kappa shape index (κ1) is 15.7. The highest BCUT2D eigenvalue weighted by Crippen LogP contribution is 2.21. The van der Waals surface area contributed by atoms with Crippen LogP contribution in [-0.4, -0.2) is 12.5 Å². The molecule has 0 saturated carbocycles. The van der Waals surface area contributed by atoms with E-state index in [1.807, 2.05) is 12.1 Å². The molecule has 0 aliphatic carbocycles. The van der Waals surface area contributed by atoms with Crippen molar-refractivity contribution in [1.29, 1.82) is 0 Å². The first-order valence-electron chi connectivity index (χ1n) is 4.54. The molecular weight excluding hydrogens is 315 g/mol. The minimum Gasteiger partial charge on any atom is -0.352 e. The number of nitrogens with one attached hydrogen (secondary N) is 1. The molecule has 1 aromatic rings. The van der Waals surface area contributed by atoms with Crippen LogP contribution in [0.3, 0.4) is 0 Å². The molecule has 0 bridgehead atoms. The van der Waals surface area contributed by atoms with Crippen molar-refractivity contribution in [3.8, 4) is 0 Å². The number of rotatable bonds is 4. The smallest absolute Gasteiger partial charge is 0.221 e. The molecule has 0 heterocycles. The molecule has 0 radical (unpaired) electrons. The lowest BCUT2D eigenvalue weighted by Crippen LogP contribution is -2.25. The number of benzene rings is 1. The highest BCUT2D eigenvalue weighted by molar-refractivity contribution is 9.10. The standard InChI is InChI=1S/C10H12BrClN2O.ClH/c11-8-2-1-7(9(12)5-8)6-14-10(15)3-4-13;/h1-2,5H,3-4,6,13H2,(H,14,15);1H. The summed E-state index contributed by atoms with van der Waals surface area (Å²) in [6, 6.07) is 5.55. The minimum absolute atomic E-state index is 0. The van der Waals surface area contributed by atoms with Crippen molar-refractivity contribution in [1.82, 2.24) is 5.32 Å². The average Bonchev–Trinajstić information content (AvgIpc) is 2.17. The Morgan fingerprint density at radius 2 is 2.19 bits per heavy atom. The minimum atomic E-state index is -0.0588. The van der Waals surface area contributed by atoms with Gasteiger partial charge in [0.25, 0.3) is 0 Å². The average molecular weight is 328 g/mol. The normalized spacial score (nSPS) is 9.44.